The molecule has 14 aromatic rings. The molecule has 5 amide bonds. The first-order valence-corrected chi connectivity index (χ1v) is 48.0. The molecule has 0 bridgehead atoms. The Balaban J connectivity index is 0.000000137. The lowest BCUT2D eigenvalue weighted by atomic mass is 9.93. The molecule has 9 N–H and O–H groups in total. The van der Waals surface area contributed by atoms with Gasteiger partial charge in [-0.2, -0.15) is 15.3 Å². The first-order chi connectivity index (χ1) is 69.3. The van der Waals surface area contributed by atoms with Crippen LogP contribution in [-0.4, -0.2) is 172 Å². The van der Waals surface area contributed by atoms with Crippen molar-refractivity contribution >= 4 is 68.2 Å². The van der Waals surface area contributed by atoms with Gasteiger partial charge in [-0.25, -0.2) is 56.2 Å². The topological polar surface area (TPSA) is 451 Å². The number of hydrogen-bond donors (Lipinski definition) is 8. The number of nitrogens with zero attached hydrogens (tertiary/aromatic N) is 15. The lowest BCUT2D eigenvalue weighted by molar-refractivity contribution is -0.138. The number of carbonyl (C=O) groups excluding carboxylic acids is 5. The van der Waals surface area contributed by atoms with Crippen molar-refractivity contribution in [2.24, 2.45) is 41.2 Å². The third-order valence-electron chi connectivity index (χ3n) is 26.9. The molecule has 6 aliphatic rings. The van der Waals surface area contributed by atoms with Crippen LogP contribution in [0, 0.1) is 70.4 Å². The van der Waals surface area contributed by atoms with Crippen molar-refractivity contribution in [3.05, 3.63) is 280 Å². The number of H-pyrrole nitrogens is 3. The predicted octanol–water partition coefficient (Wildman–Crippen LogP) is 13.6. The van der Waals surface area contributed by atoms with E-state index < -0.39 is 63.4 Å². The van der Waals surface area contributed by atoms with Crippen LogP contribution in [0.4, 0.5) is 26.3 Å². The lowest BCUT2D eigenvalue weighted by Crippen LogP contribution is -2.46. The number of aromatic hydroxyl groups is 1. The molecule has 9 aromatic heterocycles. The monoisotopic (exact) mass is 1970 g/mol. The molecule has 3 atom stereocenters. The zero-order valence-electron chi connectivity index (χ0n) is 79.8. The molecule has 3 saturated carbocycles. The average Bonchev–Trinajstić information content (AvgIpc) is 0.964. The molecule has 34 nitrogen and oxygen atoms in total. The molecule has 144 heavy (non-hydrogen) atoms. The van der Waals surface area contributed by atoms with E-state index in [4.69, 9.17) is 20.3 Å². The predicted molar refractivity (Wildman–Crippen MR) is 518 cm³/mol. The van der Waals surface area contributed by atoms with Gasteiger partial charge in [0.05, 0.1) is 65.3 Å². The highest BCUT2D eigenvalue weighted by Crippen LogP contribution is 2.44. The van der Waals surface area contributed by atoms with Crippen LogP contribution < -0.4 is 42.1 Å². The number of rotatable bonds is 32. The number of benzene rings is 5. The summed E-state index contributed by atoms with van der Waals surface area (Å²) < 4.78 is 102. The van der Waals surface area contributed by atoms with Gasteiger partial charge in [0.1, 0.15) is 47.7 Å². The fourth-order valence-electron chi connectivity index (χ4n) is 18.8. The van der Waals surface area contributed by atoms with Crippen LogP contribution in [0.2, 0.25) is 0 Å². The Bertz CT molecular complexity index is 7410. The molecule has 0 radical (unpaired) electrons. The number of nitrogens with two attached hydrogens (primary N) is 1. The molecule has 3 aliphatic carbocycles. The number of nitrogens with one attached hydrogen (secondary N) is 5. The number of pyridine rings is 3. The van der Waals surface area contributed by atoms with Crippen molar-refractivity contribution in [3.63, 3.8) is 0 Å². The molecule has 20 rings (SSSR count). The smallest absolute Gasteiger partial charge is 0.303 e. The van der Waals surface area contributed by atoms with Gasteiger partial charge >= 0.3 is 5.97 Å². The first kappa shape index (κ1) is 99.9. The fourth-order valence-corrected chi connectivity index (χ4v) is 18.8. The molecular formula is C104H107F6N21O13. The summed E-state index contributed by atoms with van der Waals surface area (Å²) in [6.45, 7) is 14.9. The van der Waals surface area contributed by atoms with Crippen molar-refractivity contribution in [2.45, 2.75) is 189 Å². The van der Waals surface area contributed by atoms with Crippen molar-refractivity contribution in [1.82, 2.24) is 99.5 Å². The molecule has 12 heterocycles. The minimum absolute atomic E-state index is 0.00713. The second-order valence-electron chi connectivity index (χ2n) is 37.8. The molecule has 5 aromatic carbocycles. The maximum Gasteiger partial charge on any atom is 0.303 e. The summed E-state index contributed by atoms with van der Waals surface area (Å²) in [5.74, 6) is -5.21. The standard InChI is InChI=1S/C37H37F2N7O4.C30H31F2N7O4.C19H23N3O3.C18H16F2N4O2/c1-21(2)45-12-13-46-26(17-31(47)35(34(46)37(45)49)50-20-22-6-4-3-5-7-22)18-40-32(48)15-24(23-8-9-23)14-30-28(39)19-41-36(42-30)33-27-16-25(38)10-11-29(27)43-44-33;1-15(2)38-7-8-39-19(12-24(40)28(42)27(39)30(38)43)13-33-25(41)10-17(16-3-4-16)9-23-21(32)14-34-29(35-23)26-20-11-18(31)5-6-22(20)36-37-26;1-13(2)21-8-9-22-15(11-20)10-16(23)18(17(22)19(21)24)25-12-14-6-4-3-5-7-14;19-11-3-4-14-12(7-11)17(24-23-14)18-21-8-13(20)15(22-18)5-10(6-16(25)26)9-1-2-9/h3-7,10-11,16-17,19,21,23-24H,8-9,12-15,18,20H2,1-2H3,(H,40,48)(H,43,44);5-6,11-12,14-17,42H,3-4,7-10,13H2,1-2H3,(H,33,41)(H,36,37);3-7,10,13H,8-9,11-12,20H2,1-2H3;3-4,7-10H,1-2,5-6H2,(H,23,24)(H,25,26). The summed E-state index contributed by atoms with van der Waals surface area (Å²) in [4.78, 5) is 146. The van der Waals surface area contributed by atoms with Gasteiger partial charge in [-0.05, 0) is 201 Å². The number of carboxylic acids is 1. The average molecular weight is 1970 g/mol. The number of amides is 5. The Morgan fingerprint density at radius 1 is 0.431 bits per heavy atom. The van der Waals surface area contributed by atoms with Gasteiger partial charge in [0.15, 0.2) is 69.3 Å². The zero-order chi connectivity index (χ0) is 102. The van der Waals surface area contributed by atoms with Gasteiger partial charge in [0.2, 0.25) is 28.1 Å². The van der Waals surface area contributed by atoms with Gasteiger partial charge in [0, 0.05) is 135 Å². The van der Waals surface area contributed by atoms with E-state index in [-0.39, 0.29) is 206 Å². The van der Waals surface area contributed by atoms with Crippen molar-refractivity contribution in [1.29, 1.82) is 0 Å². The van der Waals surface area contributed by atoms with E-state index in [0.717, 1.165) is 68.2 Å². The molecule has 3 fully saturated rings. The van der Waals surface area contributed by atoms with Crippen LogP contribution in [0.25, 0.3) is 67.3 Å². The minimum Gasteiger partial charge on any atom is -0.503 e. The van der Waals surface area contributed by atoms with Crippen molar-refractivity contribution in [3.8, 4) is 51.8 Å². The summed E-state index contributed by atoms with van der Waals surface area (Å²) in [5.41, 5.74) is 11.4. The Morgan fingerprint density at radius 2 is 0.757 bits per heavy atom. The van der Waals surface area contributed by atoms with Crippen LogP contribution in [0.15, 0.2) is 166 Å². The number of carbonyl (C=O) groups is 6. The maximum atomic E-state index is 15.0. The first-order valence-electron chi connectivity index (χ1n) is 48.0. The molecule has 748 valence electrons. The number of halogens is 6. The Hall–Kier alpha value is -15.6. The van der Waals surface area contributed by atoms with Crippen LogP contribution in [0.3, 0.4) is 0 Å². The molecule has 3 aliphatic heterocycles. The Kier molecular flexibility index (Phi) is 30.1. The van der Waals surface area contributed by atoms with Crippen LogP contribution >= 0.6 is 0 Å². The summed E-state index contributed by atoms with van der Waals surface area (Å²) in [7, 11) is 0. The third-order valence-corrected chi connectivity index (χ3v) is 26.9. The molecule has 0 saturated heterocycles. The van der Waals surface area contributed by atoms with Crippen molar-refractivity contribution in [2.75, 3.05) is 19.6 Å². The summed E-state index contributed by atoms with van der Waals surface area (Å²) in [6, 6.07) is 35.5. The SMILES string of the molecule is CC(C)N1CCn2c(CN)cc(=O)c(OCc3ccccc3)c2C1=O.CC(C)N1CCn2c(CNC(=O)CC(Cc3nc(-c4n[nH]c5ccc(F)cc45)ncc3F)C3CC3)cc(=O)c(O)c2C1=O.CC(C)N1CCn2c(CNC(=O)CC(Cc3nc(-c4n[nH]c5ccc(F)cc45)ncc3F)C3CC3)cc(=O)c(OCc3ccccc3)c2C1=O.O=C(O)CC(Cc1nc(-c2n[nH]c3ccc(F)cc23)ncc1F)C1CC1. The van der Waals surface area contributed by atoms with Crippen LogP contribution in [0.5, 0.6) is 17.2 Å². The largest absolute Gasteiger partial charge is 0.503 e. The molecule has 40 heteroatoms. The molecular weight excluding hydrogens is 1870 g/mol. The lowest BCUT2D eigenvalue weighted by Gasteiger charge is -2.35. The minimum atomic E-state index is -0.898. The number of aromatic nitrogens is 15. The van der Waals surface area contributed by atoms with Crippen LogP contribution in [-0.2, 0) is 86.1 Å². The quantitative estimate of drug-likeness (QED) is 0.0182. The van der Waals surface area contributed by atoms with E-state index in [1.54, 1.807) is 42.0 Å². The molecule has 0 spiro atoms. The highest BCUT2D eigenvalue weighted by Gasteiger charge is 2.41. The zero-order valence-corrected chi connectivity index (χ0v) is 79.8. The van der Waals surface area contributed by atoms with Gasteiger partial charge in [0.25, 0.3) is 17.7 Å². The Morgan fingerprint density at radius 3 is 1.10 bits per heavy atom. The number of fused-ring (bicyclic) bond motifs is 6. The normalized spacial score (nSPS) is 15.1. The van der Waals surface area contributed by atoms with E-state index in [0.29, 0.717) is 118 Å². The third kappa shape index (κ3) is 22.8. The number of aromatic amines is 3. The van der Waals surface area contributed by atoms with E-state index in [1.807, 2.05) is 107 Å². The van der Waals surface area contributed by atoms with Gasteiger partial charge in [-0.3, -0.25) is 58.4 Å². The summed E-state index contributed by atoms with van der Waals surface area (Å²) >= 11 is 0. The van der Waals surface area contributed by atoms with Gasteiger partial charge in [-0.15, -0.1) is 0 Å². The summed E-state index contributed by atoms with van der Waals surface area (Å²) in [6.07, 6.45) is 9.63. The van der Waals surface area contributed by atoms with Crippen molar-refractivity contribution < 1.29 is 74.8 Å². The summed E-state index contributed by atoms with van der Waals surface area (Å²) in [5, 5.41) is 47.6. The highest BCUT2D eigenvalue weighted by atomic mass is 19.1. The Labute approximate surface area is 820 Å². The van der Waals surface area contributed by atoms with Crippen LogP contribution in [0.1, 0.15) is 176 Å². The van der Waals surface area contributed by atoms with Gasteiger partial charge in [-0.1, -0.05) is 60.7 Å². The highest BCUT2D eigenvalue weighted by molar-refractivity contribution is 5.98. The second-order valence-corrected chi connectivity index (χ2v) is 37.8. The van der Waals surface area contributed by atoms with Gasteiger partial charge < -0.3 is 64.5 Å². The van der Waals surface area contributed by atoms with E-state index in [1.165, 1.54) is 54.6 Å². The van der Waals surface area contributed by atoms with E-state index in [9.17, 15) is 70.2 Å². The number of hydrogen-bond acceptors (Lipinski definition) is 22. The van der Waals surface area contributed by atoms with E-state index in [2.05, 4.69) is 71.1 Å². The fraction of sp³-hybridized carbons (Fsp3) is 0.365. The molecule has 3 unspecified atom stereocenters. The number of aliphatic carboxylic acids is 1. The number of carboxylic acid groups (broad SMARTS) is 1. The number of ether oxygens (including phenoxy) is 2. The maximum absolute atomic E-state index is 15.0. The van der Waals surface area contributed by atoms with E-state index >= 15 is 4.39 Å². The second kappa shape index (κ2) is 43.4.